The molecule has 134 valence electrons. The lowest BCUT2D eigenvalue weighted by Crippen LogP contribution is -2.42. The minimum atomic E-state index is -0.663. The van der Waals surface area contributed by atoms with Gasteiger partial charge in [-0.05, 0) is 23.6 Å². The number of carbonyl (C=O) groups is 1. The van der Waals surface area contributed by atoms with Gasteiger partial charge in [0.2, 0.25) is 0 Å². The van der Waals surface area contributed by atoms with Crippen molar-refractivity contribution >= 4 is 31.0 Å². The summed E-state index contributed by atoms with van der Waals surface area (Å²) in [5, 5.41) is 13.0. The average molecular weight is 382 g/mol. The fraction of sp³-hybridized carbons (Fsp3) is 0.375. The molecular formula is C16H20ClN5O2S. The number of aliphatic hydroxyl groups is 1. The van der Waals surface area contributed by atoms with Crippen LogP contribution in [0.2, 0.25) is 5.15 Å². The van der Waals surface area contributed by atoms with Crippen LogP contribution in [0.4, 0.5) is 0 Å². The molecule has 0 bridgehead atoms. The molecule has 0 unspecified atom stereocenters. The van der Waals surface area contributed by atoms with E-state index in [0.29, 0.717) is 6.54 Å². The van der Waals surface area contributed by atoms with Crippen LogP contribution in [0.5, 0.6) is 0 Å². The molecular weight excluding hydrogens is 362 g/mol. The number of amides is 1. The van der Waals surface area contributed by atoms with Crippen molar-refractivity contribution in [3.63, 3.8) is 0 Å². The van der Waals surface area contributed by atoms with Gasteiger partial charge in [0.1, 0.15) is 17.2 Å². The Balaban J connectivity index is 0.00000225. The number of fused-ring (bicyclic) bond motifs is 1. The highest BCUT2D eigenvalue weighted by Crippen LogP contribution is 2.17. The van der Waals surface area contributed by atoms with Gasteiger partial charge < -0.3 is 10.4 Å². The average Bonchev–Trinajstić information content (AvgIpc) is 2.59. The molecule has 1 aliphatic heterocycles. The fourth-order valence-corrected chi connectivity index (χ4v) is 2.86. The van der Waals surface area contributed by atoms with Gasteiger partial charge in [0, 0.05) is 44.6 Å². The first-order valence-corrected chi connectivity index (χ1v) is 8.07. The van der Waals surface area contributed by atoms with E-state index in [1.54, 1.807) is 6.20 Å². The van der Waals surface area contributed by atoms with Crippen LogP contribution in [0.25, 0.3) is 0 Å². The zero-order valence-corrected chi connectivity index (χ0v) is 15.3. The molecule has 0 saturated carbocycles. The molecule has 2 N–H and O–H groups in total. The molecule has 0 radical (unpaired) electrons. The summed E-state index contributed by atoms with van der Waals surface area (Å²) >= 11 is 5.73. The van der Waals surface area contributed by atoms with E-state index in [4.69, 9.17) is 11.6 Å². The first-order chi connectivity index (χ1) is 11.6. The van der Waals surface area contributed by atoms with Gasteiger partial charge in [-0.2, -0.15) is 13.5 Å². The van der Waals surface area contributed by atoms with Crippen LogP contribution in [-0.4, -0.2) is 56.6 Å². The molecule has 25 heavy (non-hydrogen) atoms. The van der Waals surface area contributed by atoms with Gasteiger partial charge in [0.15, 0.2) is 0 Å². The molecule has 2 aromatic heterocycles. The van der Waals surface area contributed by atoms with E-state index < -0.39 is 6.10 Å². The van der Waals surface area contributed by atoms with Gasteiger partial charge in [-0.3, -0.25) is 14.7 Å². The normalized spacial score (nSPS) is 15.0. The summed E-state index contributed by atoms with van der Waals surface area (Å²) < 4.78 is 0. The number of hydrogen-bond donors (Lipinski definition) is 2. The quantitative estimate of drug-likeness (QED) is 0.744. The van der Waals surface area contributed by atoms with E-state index in [9.17, 15) is 9.90 Å². The third-order valence-electron chi connectivity index (χ3n) is 3.93. The second-order valence-corrected chi connectivity index (χ2v) is 6.11. The summed E-state index contributed by atoms with van der Waals surface area (Å²) in [6.07, 6.45) is 5.18. The molecule has 1 amide bonds. The molecule has 3 rings (SSSR count). The SMILES string of the molecule is O=C(NC[C@H](O)CN1CCc2ccncc2C1)c1cc(Cl)ncn1.S. The number of pyridine rings is 1. The van der Waals surface area contributed by atoms with Crippen LogP contribution in [0.3, 0.4) is 0 Å². The maximum absolute atomic E-state index is 12.0. The zero-order valence-electron chi connectivity index (χ0n) is 13.5. The lowest BCUT2D eigenvalue weighted by Gasteiger charge is -2.30. The van der Waals surface area contributed by atoms with Crippen molar-refractivity contribution in [2.75, 3.05) is 19.6 Å². The van der Waals surface area contributed by atoms with Gasteiger partial charge >= 0.3 is 0 Å². The van der Waals surface area contributed by atoms with E-state index in [1.807, 2.05) is 12.3 Å². The molecule has 1 atom stereocenters. The van der Waals surface area contributed by atoms with Gasteiger partial charge in [0.05, 0.1) is 6.10 Å². The van der Waals surface area contributed by atoms with Gasteiger partial charge in [-0.1, -0.05) is 11.6 Å². The van der Waals surface area contributed by atoms with E-state index >= 15 is 0 Å². The number of nitrogens with zero attached hydrogens (tertiary/aromatic N) is 4. The molecule has 0 spiro atoms. The maximum Gasteiger partial charge on any atom is 0.270 e. The minimum absolute atomic E-state index is 0. The van der Waals surface area contributed by atoms with Gasteiger partial charge in [0.25, 0.3) is 5.91 Å². The summed E-state index contributed by atoms with van der Waals surface area (Å²) in [6, 6.07) is 3.42. The molecule has 2 aromatic rings. The van der Waals surface area contributed by atoms with Crippen LogP contribution in [0, 0.1) is 0 Å². The van der Waals surface area contributed by atoms with Crippen molar-refractivity contribution in [3.8, 4) is 0 Å². The first kappa shape index (κ1) is 19.6. The molecule has 1 aliphatic rings. The second kappa shape index (κ2) is 9.10. The third kappa shape index (κ3) is 5.37. The number of aromatic nitrogens is 3. The van der Waals surface area contributed by atoms with Crippen molar-refractivity contribution in [1.29, 1.82) is 0 Å². The van der Waals surface area contributed by atoms with E-state index in [2.05, 4.69) is 25.2 Å². The topological polar surface area (TPSA) is 91.2 Å². The maximum atomic E-state index is 12.0. The summed E-state index contributed by atoms with van der Waals surface area (Å²) in [4.78, 5) is 25.8. The minimum Gasteiger partial charge on any atom is -0.390 e. The van der Waals surface area contributed by atoms with Crippen molar-refractivity contribution in [2.45, 2.75) is 19.1 Å². The number of β-amino-alcohol motifs (C(OH)–C–C–N with tert-alkyl or cyclic N) is 1. The van der Waals surface area contributed by atoms with Crippen molar-refractivity contribution in [2.24, 2.45) is 0 Å². The van der Waals surface area contributed by atoms with Gasteiger partial charge in [-0.15, -0.1) is 0 Å². The monoisotopic (exact) mass is 381 g/mol. The molecule has 9 heteroatoms. The number of carbonyl (C=O) groups excluding carboxylic acids is 1. The Kier molecular flexibility index (Phi) is 7.12. The summed E-state index contributed by atoms with van der Waals surface area (Å²) in [5.41, 5.74) is 2.68. The lowest BCUT2D eigenvalue weighted by atomic mass is 10.0. The second-order valence-electron chi connectivity index (χ2n) is 5.72. The summed E-state index contributed by atoms with van der Waals surface area (Å²) in [7, 11) is 0. The smallest absolute Gasteiger partial charge is 0.270 e. The summed E-state index contributed by atoms with van der Waals surface area (Å²) in [6.45, 7) is 2.27. The van der Waals surface area contributed by atoms with E-state index in [-0.39, 0.29) is 36.8 Å². The first-order valence-electron chi connectivity index (χ1n) is 7.70. The highest BCUT2D eigenvalue weighted by atomic mass is 35.5. The highest BCUT2D eigenvalue weighted by Gasteiger charge is 2.19. The Bertz CT molecular complexity index is 733. The molecule has 0 aliphatic carbocycles. The van der Waals surface area contributed by atoms with Crippen LogP contribution in [-0.2, 0) is 13.0 Å². The van der Waals surface area contributed by atoms with E-state index in [0.717, 1.165) is 19.5 Å². The number of nitrogens with one attached hydrogen (secondary N) is 1. The van der Waals surface area contributed by atoms with Crippen molar-refractivity contribution < 1.29 is 9.90 Å². The third-order valence-corrected chi connectivity index (χ3v) is 4.14. The van der Waals surface area contributed by atoms with Crippen molar-refractivity contribution in [1.82, 2.24) is 25.2 Å². The van der Waals surface area contributed by atoms with Crippen LogP contribution < -0.4 is 5.32 Å². The Morgan fingerprint density at radius 3 is 3.04 bits per heavy atom. The van der Waals surface area contributed by atoms with Crippen molar-refractivity contribution in [3.05, 3.63) is 52.8 Å². The fourth-order valence-electron chi connectivity index (χ4n) is 2.72. The highest BCUT2D eigenvalue weighted by molar-refractivity contribution is 7.59. The molecule has 0 saturated heterocycles. The van der Waals surface area contributed by atoms with E-state index in [1.165, 1.54) is 23.5 Å². The Labute approximate surface area is 157 Å². The summed E-state index contributed by atoms with van der Waals surface area (Å²) in [5.74, 6) is -0.383. The van der Waals surface area contributed by atoms with Gasteiger partial charge in [-0.25, -0.2) is 9.97 Å². The molecule has 3 heterocycles. The zero-order chi connectivity index (χ0) is 16.9. The van der Waals surface area contributed by atoms with Crippen LogP contribution in [0.15, 0.2) is 30.9 Å². The Morgan fingerprint density at radius 1 is 1.40 bits per heavy atom. The molecule has 0 aromatic carbocycles. The van der Waals surface area contributed by atoms with Crippen LogP contribution >= 0.6 is 25.1 Å². The Morgan fingerprint density at radius 2 is 2.24 bits per heavy atom. The number of rotatable bonds is 5. The molecule has 0 fully saturated rings. The van der Waals surface area contributed by atoms with Crippen LogP contribution in [0.1, 0.15) is 21.6 Å². The number of aliphatic hydroxyl groups excluding tert-OH is 1. The predicted molar refractivity (Wildman–Crippen MR) is 99.0 cm³/mol. The largest absolute Gasteiger partial charge is 0.390 e. The lowest BCUT2D eigenvalue weighted by molar-refractivity contribution is 0.0837. The predicted octanol–water partition coefficient (Wildman–Crippen LogP) is 0.787. The number of halogens is 1. The number of hydrogen-bond acceptors (Lipinski definition) is 6. The standard InChI is InChI=1S/C16H18ClN5O2.H2S/c17-15-5-14(20-10-21-15)16(24)19-7-13(23)9-22-4-2-11-1-3-18-6-12(11)8-22;/h1,3,5-6,10,13,23H,2,4,7-9H2,(H,19,24);1H2/t13-;/m0./s1. The molecule has 7 nitrogen and oxygen atoms in total. The Hall–Kier alpha value is -1.74.